The molecule has 0 saturated carbocycles. The molecule has 30 heavy (non-hydrogen) atoms. The van der Waals surface area contributed by atoms with Gasteiger partial charge in [-0.25, -0.2) is 9.78 Å². The molecule has 0 spiro atoms. The van der Waals surface area contributed by atoms with Gasteiger partial charge in [-0.2, -0.15) is 0 Å². The lowest BCUT2D eigenvalue weighted by Gasteiger charge is -2.29. The van der Waals surface area contributed by atoms with Gasteiger partial charge in [0.2, 0.25) is 0 Å². The van der Waals surface area contributed by atoms with E-state index in [-0.39, 0.29) is 5.91 Å². The molecule has 2 N–H and O–H groups in total. The fourth-order valence-corrected chi connectivity index (χ4v) is 3.88. The fourth-order valence-electron chi connectivity index (χ4n) is 3.18. The number of anilines is 2. The van der Waals surface area contributed by atoms with Crippen molar-refractivity contribution in [1.29, 1.82) is 0 Å². The van der Waals surface area contributed by atoms with E-state index in [0.717, 1.165) is 31.2 Å². The Bertz CT molecular complexity index is 865. The number of carbonyl (C=O) groups excluding carboxylic acids is 2. The summed E-state index contributed by atoms with van der Waals surface area (Å²) in [5.74, 6) is 0.573. The van der Waals surface area contributed by atoms with E-state index in [9.17, 15) is 9.59 Å². The highest BCUT2D eigenvalue weighted by atomic mass is 32.1. The first kappa shape index (κ1) is 22.2. The zero-order valence-electron chi connectivity index (χ0n) is 18.0. The van der Waals surface area contributed by atoms with E-state index in [1.54, 1.807) is 45.0 Å². The van der Waals surface area contributed by atoms with E-state index in [1.165, 1.54) is 24.2 Å². The molecule has 1 aromatic carbocycles. The van der Waals surface area contributed by atoms with E-state index in [0.29, 0.717) is 16.4 Å². The zero-order chi connectivity index (χ0) is 21.7. The number of carbonyl (C=O) groups is 2. The number of thiazole rings is 1. The second kappa shape index (κ2) is 9.57. The maximum Gasteiger partial charge on any atom is 0.412 e. The van der Waals surface area contributed by atoms with Crippen LogP contribution < -0.4 is 10.6 Å². The lowest BCUT2D eigenvalue weighted by molar-refractivity contribution is 0.0636. The summed E-state index contributed by atoms with van der Waals surface area (Å²) in [6.45, 7) is 10.7. The van der Waals surface area contributed by atoms with Crippen molar-refractivity contribution in [2.45, 2.75) is 52.7 Å². The minimum atomic E-state index is -0.567. The Labute approximate surface area is 181 Å². The minimum Gasteiger partial charge on any atom is -0.444 e. The number of nitrogens with one attached hydrogen (secondary N) is 2. The smallest absolute Gasteiger partial charge is 0.412 e. The van der Waals surface area contributed by atoms with E-state index in [1.807, 2.05) is 5.38 Å². The summed E-state index contributed by atoms with van der Waals surface area (Å²) in [6, 6.07) is 6.66. The first-order valence-electron chi connectivity index (χ1n) is 10.3. The third-order valence-electron chi connectivity index (χ3n) is 4.83. The highest BCUT2D eigenvalue weighted by molar-refractivity contribution is 7.14. The molecule has 0 aliphatic carbocycles. The SMILES string of the molecule is CC1CCN(Cc2csc(NC(=O)c3ccc(NC(=O)OC(C)(C)C)cc3)n2)CC1. The van der Waals surface area contributed by atoms with Crippen LogP contribution in [0.4, 0.5) is 15.6 Å². The summed E-state index contributed by atoms with van der Waals surface area (Å²) in [5.41, 5.74) is 1.48. The molecule has 162 valence electrons. The standard InChI is InChI=1S/C22H30N4O3S/c1-15-9-11-26(12-10-15)13-18-14-30-20(23-18)25-19(27)16-5-7-17(8-6-16)24-21(28)29-22(2,3)4/h5-8,14-15H,9-13H2,1-4H3,(H,24,28)(H,23,25,27). The van der Waals surface area contributed by atoms with Crippen molar-refractivity contribution >= 4 is 34.2 Å². The minimum absolute atomic E-state index is 0.230. The van der Waals surface area contributed by atoms with Gasteiger partial charge in [0.25, 0.3) is 5.91 Å². The number of likely N-dealkylation sites (tertiary alicyclic amines) is 1. The normalized spacial score (nSPS) is 15.6. The predicted octanol–water partition coefficient (Wildman–Crippen LogP) is 4.97. The molecule has 1 aromatic heterocycles. The van der Waals surface area contributed by atoms with Gasteiger partial charge in [0.1, 0.15) is 5.60 Å². The van der Waals surface area contributed by atoms with Crippen molar-refractivity contribution in [2.75, 3.05) is 23.7 Å². The van der Waals surface area contributed by atoms with Gasteiger partial charge in [-0.3, -0.25) is 20.3 Å². The Morgan fingerprint density at radius 1 is 1.17 bits per heavy atom. The Morgan fingerprint density at radius 2 is 1.83 bits per heavy atom. The highest BCUT2D eigenvalue weighted by Crippen LogP contribution is 2.22. The van der Waals surface area contributed by atoms with Crippen LogP contribution in [-0.2, 0) is 11.3 Å². The second-order valence-corrected chi connectivity index (χ2v) is 9.62. The second-order valence-electron chi connectivity index (χ2n) is 8.76. The van der Waals surface area contributed by atoms with Gasteiger partial charge < -0.3 is 4.74 Å². The van der Waals surface area contributed by atoms with Gasteiger partial charge in [-0.15, -0.1) is 11.3 Å². The number of aromatic nitrogens is 1. The Morgan fingerprint density at radius 3 is 2.47 bits per heavy atom. The van der Waals surface area contributed by atoms with Crippen LogP contribution in [-0.4, -0.2) is 40.6 Å². The van der Waals surface area contributed by atoms with E-state index < -0.39 is 11.7 Å². The molecule has 0 atom stereocenters. The quantitative estimate of drug-likeness (QED) is 0.699. The van der Waals surface area contributed by atoms with Crippen molar-refractivity contribution in [2.24, 2.45) is 5.92 Å². The summed E-state index contributed by atoms with van der Waals surface area (Å²) in [6.07, 6.45) is 1.93. The van der Waals surface area contributed by atoms with Crippen molar-refractivity contribution in [1.82, 2.24) is 9.88 Å². The number of amides is 2. The number of benzene rings is 1. The van der Waals surface area contributed by atoms with Crippen LogP contribution >= 0.6 is 11.3 Å². The molecule has 2 amide bonds. The molecular weight excluding hydrogens is 400 g/mol. The lowest BCUT2D eigenvalue weighted by Crippen LogP contribution is -2.32. The Balaban J connectivity index is 1.51. The Kier molecular flexibility index (Phi) is 7.10. The topological polar surface area (TPSA) is 83.6 Å². The third-order valence-corrected chi connectivity index (χ3v) is 5.63. The fraction of sp³-hybridized carbons (Fsp3) is 0.500. The van der Waals surface area contributed by atoms with Crippen LogP contribution in [0.1, 0.15) is 56.6 Å². The number of hydrogen-bond donors (Lipinski definition) is 2. The largest absolute Gasteiger partial charge is 0.444 e. The van der Waals surface area contributed by atoms with Gasteiger partial charge in [0.15, 0.2) is 5.13 Å². The monoisotopic (exact) mass is 430 g/mol. The molecule has 2 heterocycles. The van der Waals surface area contributed by atoms with Crippen LogP contribution in [0.25, 0.3) is 0 Å². The van der Waals surface area contributed by atoms with Gasteiger partial charge in [0, 0.05) is 23.2 Å². The van der Waals surface area contributed by atoms with Gasteiger partial charge in [0.05, 0.1) is 5.69 Å². The summed E-state index contributed by atoms with van der Waals surface area (Å²) >= 11 is 1.44. The summed E-state index contributed by atoms with van der Waals surface area (Å²) in [5, 5.41) is 8.10. The zero-order valence-corrected chi connectivity index (χ0v) is 18.8. The number of hydrogen-bond acceptors (Lipinski definition) is 6. The number of ether oxygens (including phenoxy) is 1. The predicted molar refractivity (Wildman–Crippen MR) is 120 cm³/mol. The first-order valence-corrected chi connectivity index (χ1v) is 11.1. The molecule has 1 fully saturated rings. The Hall–Kier alpha value is -2.45. The first-order chi connectivity index (χ1) is 14.2. The molecule has 8 heteroatoms. The maximum absolute atomic E-state index is 12.5. The van der Waals surface area contributed by atoms with Crippen LogP contribution in [0, 0.1) is 5.92 Å². The molecular formula is C22H30N4O3S. The number of nitrogens with zero attached hydrogens (tertiary/aromatic N) is 2. The molecule has 0 bridgehead atoms. The molecule has 1 aliphatic rings. The van der Waals surface area contributed by atoms with E-state index in [4.69, 9.17) is 4.74 Å². The maximum atomic E-state index is 12.5. The van der Waals surface area contributed by atoms with Gasteiger partial charge >= 0.3 is 6.09 Å². The average Bonchev–Trinajstić information content (AvgIpc) is 3.09. The van der Waals surface area contributed by atoms with Gasteiger partial charge in [-0.05, 0) is 76.9 Å². The molecule has 1 saturated heterocycles. The van der Waals surface area contributed by atoms with Crippen molar-refractivity contribution in [3.05, 3.63) is 40.9 Å². The van der Waals surface area contributed by atoms with Gasteiger partial charge in [-0.1, -0.05) is 6.92 Å². The lowest BCUT2D eigenvalue weighted by atomic mass is 9.99. The van der Waals surface area contributed by atoms with Crippen LogP contribution in [0.3, 0.4) is 0 Å². The average molecular weight is 431 g/mol. The number of rotatable bonds is 5. The molecule has 0 radical (unpaired) electrons. The van der Waals surface area contributed by atoms with E-state index in [2.05, 4.69) is 27.4 Å². The van der Waals surface area contributed by atoms with Crippen molar-refractivity contribution in [3.8, 4) is 0 Å². The third kappa shape index (κ3) is 6.81. The summed E-state index contributed by atoms with van der Waals surface area (Å²) in [7, 11) is 0. The summed E-state index contributed by atoms with van der Waals surface area (Å²) in [4.78, 5) is 31.3. The highest BCUT2D eigenvalue weighted by Gasteiger charge is 2.18. The van der Waals surface area contributed by atoms with Crippen molar-refractivity contribution in [3.63, 3.8) is 0 Å². The van der Waals surface area contributed by atoms with Crippen LogP contribution in [0.5, 0.6) is 0 Å². The molecule has 0 unspecified atom stereocenters. The van der Waals surface area contributed by atoms with Crippen LogP contribution in [0.15, 0.2) is 29.6 Å². The molecule has 7 nitrogen and oxygen atoms in total. The molecule has 2 aromatic rings. The van der Waals surface area contributed by atoms with E-state index >= 15 is 0 Å². The summed E-state index contributed by atoms with van der Waals surface area (Å²) < 4.78 is 5.22. The van der Waals surface area contributed by atoms with Crippen molar-refractivity contribution < 1.29 is 14.3 Å². The van der Waals surface area contributed by atoms with Crippen LogP contribution in [0.2, 0.25) is 0 Å². The molecule has 1 aliphatic heterocycles. The molecule has 3 rings (SSSR count). The number of piperidine rings is 1.